The molecule has 0 radical (unpaired) electrons. The van der Waals surface area contributed by atoms with Crippen LogP contribution in [0.4, 0.5) is 10.9 Å². The number of pyridine rings is 1. The van der Waals surface area contributed by atoms with Crippen LogP contribution in [0.2, 0.25) is 0 Å². The Bertz CT molecular complexity index is 826. The molecule has 2 aliphatic rings. The Balaban J connectivity index is 1.60. The largest absolute Gasteiger partial charge is 0.347 e. The van der Waals surface area contributed by atoms with Crippen molar-refractivity contribution in [1.82, 2.24) is 9.97 Å². The van der Waals surface area contributed by atoms with E-state index in [1.54, 1.807) is 17.5 Å². The summed E-state index contributed by atoms with van der Waals surface area (Å²) in [5.74, 6) is 1.32. The maximum absolute atomic E-state index is 12.2. The summed E-state index contributed by atoms with van der Waals surface area (Å²) in [5, 5.41) is 13.0. The molecule has 3 atom stereocenters. The van der Waals surface area contributed by atoms with Gasteiger partial charge in [0.15, 0.2) is 10.9 Å². The third-order valence-corrected chi connectivity index (χ3v) is 5.99. The van der Waals surface area contributed by atoms with Gasteiger partial charge in [0, 0.05) is 25.2 Å². The third kappa shape index (κ3) is 2.82. The van der Waals surface area contributed by atoms with Crippen LogP contribution in [0.1, 0.15) is 26.2 Å². The molecule has 124 valence electrons. The van der Waals surface area contributed by atoms with E-state index in [2.05, 4.69) is 28.2 Å². The number of nitrogens with zero attached hydrogens (tertiary/aromatic N) is 4. The van der Waals surface area contributed by atoms with Crippen molar-refractivity contribution < 1.29 is 4.79 Å². The summed E-state index contributed by atoms with van der Waals surface area (Å²) in [6.07, 6.45) is 4.61. The SMILES string of the molecule is C[C@H]1C[C@H]1C(=O)Nc1nccc2nc(N3CCC[C@H](C#N)C3)sc12. The van der Waals surface area contributed by atoms with Gasteiger partial charge in [-0.15, -0.1) is 0 Å². The number of carbonyl (C=O) groups excluding carboxylic acids is 1. The van der Waals surface area contributed by atoms with Gasteiger partial charge in [0.25, 0.3) is 0 Å². The minimum atomic E-state index is 0.0555. The van der Waals surface area contributed by atoms with Crippen molar-refractivity contribution in [3.05, 3.63) is 12.3 Å². The lowest BCUT2D eigenvalue weighted by Gasteiger charge is -2.28. The Morgan fingerprint density at radius 2 is 2.38 bits per heavy atom. The number of carbonyl (C=O) groups is 1. The van der Waals surface area contributed by atoms with E-state index in [-0.39, 0.29) is 17.7 Å². The van der Waals surface area contributed by atoms with Gasteiger partial charge >= 0.3 is 0 Å². The van der Waals surface area contributed by atoms with E-state index in [0.717, 1.165) is 47.7 Å². The fourth-order valence-electron chi connectivity index (χ4n) is 3.22. The van der Waals surface area contributed by atoms with Crippen molar-refractivity contribution in [3.63, 3.8) is 0 Å². The molecule has 0 bridgehead atoms. The van der Waals surface area contributed by atoms with Crippen molar-refractivity contribution in [2.45, 2.75) is 26.2 Å². The Labute approximate surface area is 144 Å². The van der Waals surface area contributed by atoms with Gasteiger partial charge in [0.05, 0.1) is 22.2 Å². The molecule has 1 amide bonds. The summed E-state index contributed by atoms with van der Waals surface area (Å²) in [5.41, 5.74) is 0.850. The van der Waals surface area contributed by atoms with Gasteiger partial charge in [-0.2, -0.15) is 5.26 Å². The van der Waals surface area contributed by atoms with Crippen LogP contribution in [0.3, 0.4) is 0 Å². The number of thiazole rings is 1. The molecule has 4 rings (SSSR count). The zero-order valence-electron chi connectivity index (χ0n) is 13.5. The maximum atomic E-state index is 12.2. The normalized spacial score (nSPS) is 26.2. The molecule has 1 N–H and O–H groups in total. The van der Waals surface area contributed by atoms with Gasteiger partial charge in [-0.05, 0) is 31.2 Å². The quantitative estimate of drug-likeness (QED) is 0.928. The molecule has 2 aromatic heterocycles. The van der Waals surface area contributed by atoms with Crippen molar-refractivity contribution in [2.75, 3.05) is 23.3 Å². The highest BCUT2D eigenvalue weighted by atomic mass is 32.1. The van der Waals surface area contributed by atoms with Crippen molar-refractivity contribution in [1.29, 1.82) is 5.26 Å². The number of aromatic nitrogens is 2. The number of hydrogen-bond acceptors (Lipinski definition) is 6. The van der Waals surface area contributed by atoms with E-state index < -0.39 is 0 Å². The summed E-state index contributed by atoms with van der Waals surface area (Å²) in [6, 6.07) is 4.24. The smallest absolute Gasteiger partial charge is 0.228 e. The van der Waals surface area contributed by atoms with Crippen LogP contribution >= 0.6 is 11.3 Å². The average molecular weight is 341 g/mol. The molecule has 1 saturated carbocycles. The van der Waals surface area contributed by atoms with Crippen LogP contribution in [-0.2, 0) is 4.79 Å². The molecule has 3 heterocycles. The molecule has 24 heavy (non-hydrogen) atoms. The maximum Gasteiger partial charge on any atom is 0.228 e. The molecule has 1 saturated heterocycles. The van der Waals surface area contributed by atoms with Crippen LogP contribution in [0, 0.1) is 29.1 Å². The number of anilines is 2. The second-order valence-electron chi connectivity index (χ2n) is 6.73. The van der Waals surface area contributed by atoms with E-state index >= 15 is 0 Å². The van der Waals surface area contributed by atoms with Gasteiger partial charge < -0.3 is 10.2 Å². The van der Waals surface area contributed by atoms with Crippen LogP contribution in [0.25, 0.3) is 10.2 Å². The lowest BCUT2D eigenvalue weighted by atomic mass is 10.0. The standard InChI is InChI=1S/C17H19N5OS/c1-10-7-12(10)16(23)21-15-14-13(4-5-19-15)20-17(24-14)22-6-2-3-11(8-18)9-22/h4-5,10-12H,2-3,6-7,9H2,1H3,(H,19,21,23)/t10-,11+,12+/m0/s1. The van der Waals surface area contributed by atoms with E-state index in [9.17, 15) is 4.79 Å². The first-order valence-electron chi connectivity index (χ1n) is 8.36. The fourth-order valence-corrected chi connectivity index (χ4v) is 4.26. The molecule has 2 aromatic rings. The zero-order chi connectivity index (χ0) is 16.7. The van der Waals surface area contributed by atoms with Gasteiger partial charge in [0.2, 0.25) is 5.91 Å². The summed E-state index contributed by atoms with van der Waals surface area (Å²) in [6.45, 7) is 3.74. The molecular formula is C17H19N5OS. The zero-order valence-corrected chi connectivity index (χ0v) is 14.3. The Morgan fingerprint density at radius 3 is 3.12 bits per heavy atom. The lowest BCUT2D eigenvalue weighted by Crippen LogP contribution is -2.34. The lowest BCUT2D eigenvalue weighted by molar-refractivity contribution is -0.117. The monoisotopic (exact) mass is 341 g/mol. The predicted molar refractivity (Wildman–Crippen MR) is 93.9 cm³/mol. The van der Waals surface area contributed by atoms with Gasteiger partial charge in [-0.1, -0.05) is 18.3 Å². The first-order chi connectivity index (χ1) is 11.7. The molecule has 1 aliphatic heterocycles. The minimum Gasteiger partial charge on any atom is -0.347 e. The molecule has 1 aliphatic carbocycles. The number of fused-ring (bicyclic) bond motifs is 1. The fraction of sp³-hybridized carbons (Fsp3) is 0.529. The summed E-state index contributed by atoms with van der Waals surface area (Å²) in [7, 11) is 0. The average Bonchev–Trinajstić information content (AvgIpc) is 3.17. The third-order valence-electron chi connectivity index (χ3n) is 4.86. The second kappa shape index (κ2) is 6.02. The highest BCUT2D eigenvalue weighted by Gasteiger charge is 2.39. The molecule has 7 heteroatoms. The number of nitrogens with one attached hydrogen (secondary N) is 1. The van der Waals surface area contributed by atoms with Gasteiger partial charge in [0.1, 0.15) is 0 Å². The van der Waals surface area contributed by atoms with E-state index in [1.807, 2.05) is 6.07 Å². The van der Waals surface area contributed by atoms with Gasteiger partial charge in [-0.25, -0.2) is 9.97 Å². The first kappa shape index (κ1) is 15.3. The summed E-state index contributed by atoms with van der Waals surface area (Å²) >= 11 is 1.55. The van der Waals surface area contributed by atoms with Crippen LogP contribution in [0.5, 0.6) is 0 Å². The molecule has 6 nitrogen and oxygen atoms in total. The molecule has 0 aromatic carbocycles. The predicted octanol–water partition coefficient (Wildman–Crippen LogP) is 3.03. The highest BCUT2D eigenvalue weighted by molar-refractivity contribution is 7.22. The van der Waals surface area contributed by atoms with E-state index in [1.165, 1.54) is 0 Å². The van der Waals surface area contributed by atoms with Gasteiger partial charge in [-0.3, -0.25) is 4.79 Å². The van der Waals surface area contributed by atoms with Crippen molar-refractivity contribution in [2.24, 2.45) is 17.8 Å². The van der Waals surface area contributed by atoms with Crippen LogP contribution in [0.15, 0.2) is 12.3 Å². The van der Waals surface area contributed by atoms with E-state index in [4.69, 9.17) is 10.2 Å². The van der Waals surface area contributed by atoms with Crippen molar-refractivity contribution >= 4 is 38.4 Å². The molecular weight excluding hydrogens is 322 g/mol. The number of amides is 1. The van der Waals surface area contributed by atoms with Crippen LogP contribution < -0.4 is 10.2 Å². The first-order valence-corrected chi connectivity index (χ1v) is 9.18. The number of piperidine rings is 1. The van der Waals surface area contributed by atoms with Crippen molar-refractivity contribution in [3.8, 4) is 6.07 Å². The number of nitriles is 1. The van der Waals surface area contributed by atoms with E-state index in [0.29, 0.717) is 11.7 Å². The Hall–Kier alpha value is -2.20. The minimum absolute atomic E-state index is 0.0555. The topological polar surface area (TPSA) is 81.9 Å². The summed E-state index contributed by atoms with van der Waals surface area (Å²) < 4.78 is 0.910. The summed E-state index contributed by atoms with van der Waals surface area (Å²) in [4.78, 5) is 23.4. The molecule has 2 fully saturated rings. The second-order valence-corrected chi connectivity index (χ2v) is 7.70. The highest BCUT2D eigenvalue weighted by Crippen LogP contribution is 2.39. The Morgan fingerprint density at radius 1 is 1.54 bits per heavy atom. The molecule has 0 spiro atoms. The Kier molecular flexibility index (Phi) is 3.85. The number of hydrogen-bond donors (Lipinski definition) is 1. The number of rotatable bonds is 3. The van der Waals surface area contributed by atoms with Crippen LogP contribution in [-0.4, -0.2) is 29.0 Å². The molecule has 0 unspecified atom stereocenters.